The monoisotopic (exact) mass is 475 g/mol. The summed E-state index contributed by atoms with van der Waals surface area (Å²) in [4.78, 5) is 30.2. The Balaban J connectivity index is 0.00000385. The fourth-order valence-electron chi connectivity index (χ4n) is 3.78. The molecule has 0 aliphatic carbocycles. The lowest BCUT2D eigenvalue weighted by Gasteiger charge is -2.24. The number of nitrogens with two attached hydrogens (primary N) is 1. The molecule has 0 spiro atoms. The predicted molar refractivity (Wildman–Crippen MR) is 128 cm³/mol. The molecule has 1 aromatic heterocycles. The van der Waals surface area contributed by atoms with Crippen LogP contribution in [-0.4, -0.2) is 60.6 Å². The normalized spacial score (nSPS) is 17.1. The van der Waals surface area contributed by atoms with Gasteiger partial charge in [-0.1, -0.05) is 0 Å². The number of nitrogen functional groups attached to an aromatic ring is 1. The summed E-state index contributed by atoms with van der Waals surface area (Å²) >= 11 is 0. The van der Waals surface area contributed by atoms with Crippen molar-refractivity contribution in [1.82, 2.24) is 15.2 Å². The van der Waals surface area contributed by atoms with Gasteiger partial charge < -0.3 is 25.4 Å². The van der Waals surface area contributed by atoms with Crippen LogP contribution < -0.4 is 15.8 Å². The molecular formula is C23H30ClN5O4. The summed E-state index contributed by atoms with van der Waals surface area (Å²) in [6.45, 7) is 3.23. The first kappa shape index (κ1) is 25.9. The maximum absolute atomic E-state index is 12.5. The van der Waals surface area contributed by atoms with Gasteiger partial charge in [-0.3, -0.25) is 15.2 Å². The minimum absolute atomic E-state index is 0. The highest BCUT2D eigenvalue weighted by Gasteiger charge is 2.36. The number of hydrogen-bond donors (Lipinski definition) is 3. The molecule has 33 heavy (non-hydrogen) atoms. The van der Waals surface area contributed by atoms with Gasteiger partial charge >= 0.3 is 12.0 Å². The van der Waals surface area contributed by atoms with Crippen molar-refractivity contribution in [1.29, 1.82) is 5.41 Å². The van der Waals surface area contributed by atoms with E-state index < -0.39 is 0 Å². The number of hydrogen-bond acceptors (Lipinski definition) is 6. The average Bonchev–Trinajstić information content (AvgIpc) is 3.20. The van der Waals surface area contributed by atoms with Gasteiger partial charge in [-0.05, 0) is 55.7 Å². The summed E-state index contributed by atoms with van der Waals surface area (Å²) in [6, 6.07) is 10.8. The summed E-state index contributed by atoms with van der Waals surface area (Å²) in [6.07, 6.45) is 2.53. The van der Waals surface area contributed by atoms with Crippen LogP contribution >= 0.6 is 12.4 Å². The number of likely N-dealkylation sites (tertiary alicyclic amines) is 1. The molecule has 3 rings (SSSR count). The van der Waals surface area contributed by atoms with Crippen molar-refractivity contribution in [3.8, 4) is 17.0 Å². The highest BCUT2D eigenvalue weighted by molar-refractivity contribution is 5.94. The topological polar surface area (TPSA) is 131 Å². The van der Waals surface area contributed by atoms with E-state index in [9.17, 15) is 9.59 Å². The van der Waals surface area contributed by atoms with E-state index in [-0.39, 0.29) is 48.6 Å². The van der Waals surface area contributed by atoms with Crippen LogP contribution in [0.4, 0.5) is 4.79 Å². The molecule has 10 heteroatoms. The zero-order valence-electron chi connectivity index (χ0n) is 18.7. The number of benzene rings is 1. The van der Waals surface area contributed by atoms with Crippen LogP contribution in [0.3, 0.4) is 0 Å². The summed E-state index contributed by atoms with van der Waals surface area (Å²) in [7, 11) is 1.37. The Morgan fingerprint density at radius 3 is 2.55 bits per heavy atom. The van der Waals surface area contributed by atoms with Gasteiger partial charge in [0.25, 0.3) is 0 Å². The maximum atomic E-state index is 12.5. The summed E-state index contributed by atoms with van der Waals surface area (Å²) in [5.74, 6) is 0.439. The molecule has 1 aliphatic rings. The van der Waals surface area contributed by atoms with Crippen molar-refractivity contribution in [2.45, 2.75) is 25.8 Å². The third-order valence-electron chi connectivity index (χ3n) is 5.44. The lowest BCUT2D eigenvalue weighted by atomic mass is 10.0. The van der Waals surface area contributed by atoms with Crippen LogP contribution in [0.2, 0.25) is 0 Å². The number of ether oxygens (including phenoxy) is 2. The highest BCUT2D eigenvalue weighted by Crippen LogP contribution is 2.28. The van der Waals surface area contributed by atoms with Crippen molar-refractivity contribution in [2.75, 3.05) is 26.8 Å². The molecule has 1 aliphatic heterocycles. The average molecular weight is 476 g/mol. The number of halogens is 1. The second-order valence-corrected chi connectivity index (χ2v) is 7.70. The molecule has 4 N–H and O–H groups in total. The quantitative estimate of drug-likeness (QED) is 0.305. The molecule has 1 aromatic carbocycles. The van der Waals surface area contributed by atoms with Crippen LogP contribution in [0.5, 0.6) is 5.75 Å². The van der Waals surface area contributed by atoms with Gasteiger partial charge in [0, 0.05) is 30.4 Å². The smallest absolute Gasteiger partial charge is 0.317 e. The van der Waals surface area contributed by atoms with E-state index in [1.165, 1.54) is 7.11 Å². The molecule has 2 amide bonds. The minimum Gasteiger partial charge on any atom is -0.491 e. The lowest BCUT2D eigenvalue weighted by molar-refractivity contribution is -0.141. The Hall–Kier alpha value is -3.33. The fourth-order valence-corrected chi connectivity index (χ4v) is 3.78. The summed E-state index contributed by atoms with van der Waals surface area (Å²) in [5, 5.41) is 10.3. The van der Waals surface area contributed by atoms with Crippen molar-refractivity contribution < 1.29 is 19.1 Å². The van der Waals surface area contributed by atoms with Crippen LogP contribution in [0, 0.1) is 11.3 Å². The molecule has 2 aromatic rings. The maximum Gasteiger partial charge on any atom is 0.317 e. The van der Waals surface area contributed by atoms with Crippen LogP contribution in [0.1, 0.15) is 25.3 Å². The zero-order chi connectivity index (χ0) is 23.1. The fraction of sp³-hybridized carbons (Fsp3) is 0.391. The van der Waals surface area contributed by atoms with Crippen molar-refractivity contribution in [3.05, 3.63) is 48.2 Å². The van der Waals surface area contributed by atoms with E-state index in [1.807, 2.05) is 37.3 Å². The third-order valence-corrected chi connectivity index (χ3v) is 5.44. The van der Waals surface area contributed by atoms with Gasteiger partial charge in [0.2, 0.25) is 0 Å². The highest BCUT2D eigenvalue weighted by atomic mass is 35.5. The molecule has 1 saturated heterocycles. The number of amides is 2. The van der Waals surface area contributed by atoms with Gasteiger partial charge in [-0.2, -0.15) is 0 Å². The second-order valence-electron chi connectivity index (χ2n) is 7.70. The van der Waals surface area contributed by atoms with Crippen LogP contribution in [0.25, 0.3) is 11.3 Å². The molecule has 0 unspecified atom stereocenters. The van der Waals surface area contributed by atoms with E-state index >= 15 is 0 Å². The number of amidine groups is 1. The molecule has 178 valence electrons. The Kier molecular flexibility index (Phi) is 9.47. The number of nitrogens with zero attached hydrogens (tertiary/aromatic N) is 2. The zero-order valence-corrected chi connectivity index (χ0v) is 19.6. The summed E-state index contributed by atoms with van der Waals surface area (Å²) in [5.41, 5.74) is 7.72. The van der Waals surface area contributed by atoms with Gasteiger partial charge in [0.15, 0.2) is 0 Å². The van der Waals surface area contributed by atoms with Crippen molar-refractivity contribution in [3.63, 3.8) is 0 Å². The number of methoxy groups -OCH3 is 1. The predicted octanol–water partition coefficient (Wildman–Crippen LogP) is 2.82. The number of nitrogens with one attached hydrogen (secondary N) is 2. The van der Waals surface area contributed by atoms with E-state index in [0.717, 1.165) is 11.3 Å². The number of urea groups is 1. The Morgan fingerprint density at radius 1 is 1.24 bits per heavy atom. The number of aromatic nitrogens is 1. The van der Waals surface area contributed by atoms with Gasteiger partial charge in [0.1, 0.15) is 18.2 Å². The standard InChI is InChI=1S/C23H29N5O4.ClH/c1-3-26-23(30)28-13-15(11-21(29)31-2)10-18(28)14-32-19-7-4-16(5-8-19)20-9-6-17(12-27-20)22(24)25;/h4-9,12,15,18H,3,10-11,13-14H2,1-2H3,(H3,24,25)(H,26,30);1H/t15-,18-;/m0./s1. The Bertz CT molecular complexity index is 952. The van der Waals surface area contributed by atoms with E-state index in [2.05, 4.69) is 10.3 Å². The SMILES string of the molecule is CCNC(=O)N1C[C@H](CC(=O)OC)C[C@H]1COc1ccc(-c2ccc(C(=N)N)cn2)cc1.Cl. The van der Waals surface area contributed by atoms with Crippen molar-refractivity contribution in [2.24, 2.45) is 11.7 Å². The number of rotatable bonds is 8. The lowest BCUT2D eigenvalue weighted by Crippen LogP contribution is -2.45. The first-order valence-corrected chi connectivity index (χ1v) is 10.6. The molecule has 0 radical (unpaired) electrons. The van der Waals surface area contributed by atoms with Crippen LogP contribution in [0.15, 0.2) is 42.6 Å². The van der Waals surface area contributed by atoms with E-state index in [0.29, 0.717) is 37.4 Å². The van der Waals surface area contributed by atoms with Crippen LogP contribution in [-0.2, 0) is 9.53 Å². The van der Waals surface area contributed by atoms with Gasteiger partial charge in [-0.25, -0.2) is 4.79 Å². The Labute approximate surface area is 199 Å². The van der Waals surface area contributed by atoms with Gasteiger partial charge in [0.05, 0.1) is 25.3 Å². The molecule has 0 saturated carbocycles. The second kappa shape index (κ2) is 12.1. The van der Waals surface area contributed by atoms with Gasteiger partial charge in [-0.15, -0.1) is 12.4 Å². The number of esters is 1. The first-order valence-electron chi connectivity index (χ1n) is 10.6. The minimum atomic E-state index is -0.270. The molecule has 1 fully saturated rings. The molecule has 2 heterocycles. The molecular weight excluding hydrogens is 446 g/mol. The molecule has 9 nitrogen and oxygen atoms in total. The number of carbonyl (C=O) groups is 2. The van der Waals surface area contributed by atoms with Crippen molar-refractivity contribution >= 4 is 30.2 Å². The third kappa shape index (κ3) is 6.82. The largest absolute Gasteiger partial charge is 0.491 e. The van der Waals surface area contributed by atoms with E-state index in [1.54, 1.807) is 17.2 Å². The number of pyridine rings is 1. The first-order chi connectivity index (χ1) is 15.4. The molecule has 2 atom stereocenters. The van der Waals surface area contributed by atoms with E-state index in [4.69, 9.17) is 20.6 Å². The number of carbonyl (C=O) groups excluding carboxylic acids is 2. The molecule has 0 bridgehead atoms. The summed E-state index contributed by atoms with van der Waals surface area (Å²) < 4.78 is 10.7. The Morgan fingerprint density at radius 2 is 1.97 bits per heavy atom.